The Morgan fingerprint density at radius 2 is 1.80 bits per heavy atom. The van der Waals surface area contributed by atoms with Gasteiger partial charge in [-0.3, -0.25) is 24.1 Å². The van der Waals surface area contributed by atoms with Gasteiger partial charge in [0.05, 0.1) is 24.0 Å². The van der Waals surface area contributed by atoms with Crippen LogP contribution in [-0.4, -0.2) is 100 Å². The van der Waals surface area contributed by atoms with Crippen LogP contribution in [0.15, 0.2) is 71.1 Å². The molecule has 0 radical (unpaired) electrons. The minimum absolute atomic E-state index is 0. The summed E-state index contributed by atoms with van der Waals surface area (Å²) in [5.74, 6) is -2.75. The van der Waals surface area contributed by atoms with E-state index in [0.717, 1.165) is 6.08 Å². The number of likely N-dealkylation sites (N-methyl/N-ethyl adjacent to an activating group) is 1. The number of hydrogen-bond acceptors (Lipinski definition) is 11. The third kappa shape index (κ3) is 12.7. The van der Waals surface area contributed by atoms with E-state index < -0.39 is 59.9 Å². The Labute approximate surface area is 295 Å². The Kier molecular flexibility index (Phi) is 18.0. The molecule has 6 atom stereocenters. The van der Waals surface area contributed by atoms with Crippen LogP contribution in [0.4, 0.5) is 4.79 Å². The molecule has 2 aliphatic rings. The molecular formula is C35H51ClN4O9. The standard InChI is InChI=1S/C35H50N4O9.ClH/c1-10-14-37-30-24-15-20(2)16-28(46-9)33(47-29(41)19-39(6)7)23(5)17-22(4)32(48-35(36)44)27(45-8)13-11-12-21(3)34(43)38-25(31(24)42)18-26(30)40;/h10-13,17-18,20,23,27-28,32-33,37H,1,14-16,19H2,2-9H3,(H2,36,44)(H,38,43);1H/b13-11-,21-12+,22-17+;/t20-,23-,27-,28-,32-,33-;/m1./s1. The maximum Gasteiger partial charge on any atom is 0.405 e. The number of nitrogens with one attached hydrogen (secondary N) is 2. The number of carbonyl (C=O) groups is 5. The van der Waals surface area contributed by atoms with Crippen LogP contribution in [0.3, 0.4) is 0 Å². The van der Waals surface area contributed by atoms with Crippen LogP contribution >= 0.6 is 12.4 Å². The van der Waals surface area contributed by atoms with Crippen LogP contribution in [0.1, 0.15) is 40.5 Å². The van der Waals surface area contributed by atoms with Crippen molar-refractivity contribution < 1.29 is 42.9 Å². The fourth-order valence-electron chi connectivity index (χ4n) is 5.57. The van der Waals surface area contributed by atoms with E-state index in [4.69, 9.17) is 24.7 Å². The zero-order chi connectivity index (χ0) is 36.1. The van der Waals surface area contributed by atoms with E-state index in [0.29, 0.717) is 12.0 Å². The molecule has 0 unspecified atom stereocenters. The third-order valence-corrected chi connectivity index (χ3v) is 7.89. The normalized spacial score (nSPS) is 28.5. The highest BCUT2D eigenvalue weighted by Crippen LogP contribution is 2.30. The van der Waals surface area contributed by atoms with Gasteiger partial charge in [0.25, 0.3) is 5.91 Å². The third-order valence-electron chi connectivity index (χ3n) is 7.89. The molecule has 4 N–H and O–H groups in total. The molecule has 0 spiro atoms. The lowest BCUT2D eigenvalue weighted by atomic mass is 9.85. The summed E-state index contributed by atoms with van der Waals surface area (Å²) < 4.78 is 23.0. The SMILES string of the molecule is C=CCNC1=C2C[C@@H](C)C[C@@H](OC)[C@H](OC(=O)CN(C)C)[C@H](C)/C=C(\C)[C@@H](OC(N)=O)[C@H](OC)/C=C\C=C(/C)C(=O)NC(=CC1=O)C2=O.Cl. The first kappa shape index (κ1) is 43.0. The zero-order valence-corrected chi connectivity index (χ0v) is 30.4. The number of allylic oxidation sites excluding steroid dienone is 4. The topological polar surface area (TPSA) is 176 Å². The Hall–Kier alpha value is -4.04. The van der Waals surface area contributed by atoms with Gasteiger partial charge in [-0.05, 0) is 52.3 Å². The summed E-state index contributed by atoms with van der Waals surface area (Å²) in [5, 5.41) is 5.56. The molecule has 13 nitrogen and oxygen atoms in total. The number of primary amides is 1. The molecule has 49 heavy (non-hydrogen) atoms. The van der Waals surface area contributed by atoms with Gasteiger partial charge in [0, 0.05) is 43.9 Å². The Balaban J connectivity index is 0.0000120. The second-order valence-corrected chi connectivity index (χ2v) is 12.3. The number of esters is 1. The molecule has 2 amide bonds. The summed E-state index contributed by atoms with van der Waals surface area (Å²) in [5.41, 5.74) is 6.41. The molecule has 2 rings (SSSR count). The lowest BCUT2D eigenvalue weighted by molar-refractivity contribution is -0.161. The van der Waals surface area contributed by atoms with Gasteiger partial charge < -0.3 is 35.3 Å². The van der Waals surface area contributed by atoms with E-state index in [9.17, 15) is 24.0 Å². The number of hydrogen-bond donors (Lipinski definition) is 3. The number of amides is 2. The number of nitrogens with zero attached hydrogens (tertiary/aromatic N) is 1. The highest BCUT2D eigenvalue weighted by Gasteiger charge is 2.35. The fraction of sp³-hybridized carbons (Fsp3) is 0.514. The van der Waals surface area contributed by atoms with Crippen molar-refractivity contribution in [2.45, 2.75) is 65.0 Å². The van der Waals surface area contributed by atoms with Crippen molar-refractivity contribution in [1.29, 1.82) is 0 Å². The molecular weight excluding hydrogens is 656 g/mol. The molecule has 1 heterocycles. The lowest BCUT2D eigenvalue weighted by Gasteiger charge is -2.33. The van der Waals surface area contributed by atoms with Crippen molar-refractivity contribution in [3.8, 4) is 0 Å². The van der Waals surface area contributed by atoms with Crippen LogP contribution in [0.5, 0.6) is 0 Å². The summed E-state index contributed by atoms with van der Waals surface area (Å²) in [6.07, 6.45) is 5.32. The van der Waals surface area contributed by atoms with E-state index in [1.165, 1.54) is 20.3 Å². The molecule has 2 bridgehead atoms. The van der Waals surface area contributed by atoms with Crippen molar-refractivity contribution in [2.24, 2.45) is 17.6 Å². The Bertz CT molecular complexity index is 1400. The maximum atomic E-state index is 13.8. The van der Waals surface area contributed by atoms with Crippen molar-refractivity contribution in [3.05, 3.63) is 71.1 Å². The van der Waals surface area contributed by atoms with Gasteiger partial charge in [-0.1, -0.05) is 44.2 Å². The highest BCUT2D eigenvalue weighted by atomic mass is 35.5. The number of nitrogens with two attached hydrogens (primary N) is 1. The van der Waals surface area contributed by atoms with Crippen LogP contribution in [0.2, 0.25) is 0 Å². The molecule has 272 valence electrons. The minimum atomic E-state index is -1.02. The number of Topliss-reactive ketones (excluding diaryl/α,β-unsaturated/α-hetero) is 1. The summed E-state index contributed by atoms with van der Waals surface area (Å²) in [6.45, 7) is 11.0. The number of ketones is 2. The zero-order valence-electron chi connectivity index (χ0n) is 29.6. The van der Waals surface area contributed by atoms with Crippen molar-refractivity contribution in [3.63, 3.8) is 0 Å². The summed E-state index contributed by atoms with van der Waals surface area (Å²) in [7, 11) is 6.43. The van der Waals surface area contributed by atoms with Gasteiger partial charge in [-0.15, -0.1) is 19.0 Å². The Morgan fingerprint density at radius 1 is 1.12 bits per heavy atom. The average molecular weight is 707 g/mol. The molecule has 0 fully saturated rings. The minimum Gasteiger partial charge on any atom is -0.458 e. The smallest absolute Gasteiger partial charge is 0.405 e. The second kappa shape index (κ2) is 20.5. The van der Waals surface area contributed by atoms with Gasteiger partial charge in [0.1, 0.15) is 12.2 Å². The molecule has 1 aliphatic carbocycles. The lowest BCUT2D eigenvalue weighted by Crippen LogP contribution is -2.41. The van der Waals surface area contributed by atoms with E-state index >= 15 is 0 Å². The van der Waals surface area contributed by atoms with Gasteiger partial charge in [0.2, 0.25) is 11.6 Å². The monoisotopic (exact) mass is 706 g/mol. The highest BCUT2D eigenvalue weighted by molar-refractivity contribution is 6.23. The number of methoxy groups -OCH3 is 2. The molecule has 0 aromatic heterocycles. The van der Waals surface area contributed by atoms with Crippen LogP contribution in [0, 0.1) is 11.8 Å². The number of halogens is 1. The first-order valence-electron chi connectivity index (χ1n) is 15.7. The number of rotatable bonds is 9. The van der Waals surface area contributed by atoms with Gasteiger partial charge in [0.15, 0.2) is 6.10 Å². The number of fused-ring (bicyclic) bond motifs is 2. The predicted octanol–water partition coefficient (Wildman–Crippen LogP) is 3.07. The van der Waals surface area contributed by atoms with Crippen molar-refractivity contribution in [2.75, 3.05) is 41.4 Å². The van der Waals surface area contributed by atoms with Gasteiger partial charge in [-0.25, -0.2) is 4.79 Å². The van der Waals surface area contributed by atoms with Gasteiger partial charge >= 0.3 is 12.1 Å². The summed E-state index contributed by atoms with van der Waals surface area (Å²) in [6, 6.07) is 0. The number of ether oxygens (including phenoxy) is 4. The summed E-state index contributed by atoms with van der Waals surface area (Å²) in [4.78, 5) is 66.7. The summed E-state index contributed by atoms with van der Waals surface area (Å²) >= 11 is 0. The van der Waals surface area contributed by atoms with Gasteiger partial charge in [-0.2, -0.15) is 0 Å². The average Bonchev–Trinajstić information content (AvgIpc) is 3.00. The first-order chi connectivity index (χ1) is 22.6. The van der Waals surface area contributed by atoms with Crippen LogP contribution < -0.4 is 16.4 Å². The van der Waals surface area contributed by atoms with Crippen LogP contribution in [-0.2, 0) is 38.1 Å². The van der Waals surface area contributed by atoms with Crippen molar-refractivity contribution in [1.82, 2.24) is 15.5 Å². The van der Waals surface area contributed by atoms with E-state index in [2.05, 4.69) is 17.2 Å². The van der Waals surface area contributed by atoms with Crippen molar-refractivity contribution >= 4 is 41.9 Å². The van der Waals surface area contributed by atoms with E-state index in [1.54, 1.807) is 57.1 Å². The van der Waals surface area contributed by atoms with E-state index in [1.807, 2.05) is 13.8 Å². The fourth-order valence-corrected chi connectivity index (χ4v) is 5.57. The quantitative estimate of drug-likeness (QED) is 0.183. The molecule has 14 heteroatoms. The van der Waals surface area contributed by atoms with E-state index in [-0.39, 0.29) is 60.4 Å². The number of carbonyl (C=O) groups excluding carboxylic acids is 5. The molecule has 0 aromatic carbocycles. The maximum absolute atomic E-state index is 13.8. The van der Waals surface area contributed by atoms with Crippen LogP contribution in [0.25, 0.3) is 0 Å². The molecule has 1 aliphatic heterocycles. The molecule has 0 aromatic rings. The largest absolute Gasteiger partial charge is 0.458 e. The first-order valence-corrected chi connectivity index (χ1v) is 15.7. The molecule has 0 saturated carbocycles. The molecule has 0 saturated heterocycles. The predicted molar refractivity (Wildman–Crippen MR) is 187 cm³/mol. The second-order valence-electron chi connectivity index (χ2n) is 12.3. The Morgan fingerprint density at radius 3 is 2.37 bits per heavy atom.